The molecule has 0 saturated carbocycles. The van der Waals surface area contributed by atoms with E-state index in [9.17, 15) is 8.78 Å². The second kappa shape index (κ2) is 6.63. The van der Waals surface area contributed by atoms with Gasteiger partial charge < -0.3 is 0 Å². The Balaban J connectivity index is 2.28. The van der Waals surface area contributed by atoms with E-state index in [1.807, 2.05) is 0 Å². The maximum absolute atomic E-state index is 14.0. The van der Waals surface area contributed by atoms with Gasteiger partial charge in [0.15, 0.2) is 0 Å². The van der Waals surface area contributed by atoms with Gasteiger partial charge in [0.2, 0.25) is 0 Å². The molecule has 0 bridgehead atoms. The Bertz CT molecular complexity index is 622. The largest absolute Gasteiger partial charge is 0.271 e. The summed E-state index contributed by atoms with van der Waals surface area (Å²) >= 11 is 8.76. The van der Waals surface area contributed by atoms with Gasteiger partial charge in [-0.15, -0.1) is 0 Å². The summed E-state index contributed by atoms with van der Waals surface area (Å²) < 4.78 is 27.8. The first-order valence-corrected chi connectivity index (χ1v) is 7.04. The van der Waals surface area contributed by atoms with E-state index in [1.165, 1.54) is 12.1 Å². The Kier molecular flexibility index (Phi) is 5.10. The third-order valence-corrected chi connectivity index (χ3v) is 3.90. The van der Waals surface area contributed by atoms with Gasteiger partial charge in [0.05, 0.1) is 15.5 Å². The molecule has 0 spiro atoms. The van der Waals surface area contributed by atoms with E-state index in [-0.39, 0.29) is 10.8 Å². The van der Waals surface area contributed by atoms with Crippen LogP contribution in [0.4, 0.5) is 8.78 Å². The van der Waals surface area contributed by atoms with Crippen LogP contribution in [0, 0.1) is 11.6 Å². The number of hydrogen-bond donors (Lipinski definition) is 2. The minimum Gasteiger partial charge on any atom is -0.271 e. The van der Waals surface area contributed by atoms with Crippen LogP contribution in [0.2, 0.25) is 5.02 Å². The van der Waals surface area contributed by atoms with E-state index in [0.29, 0.717) is 22.0 Å². The van der Waals surface area contributed by atoms with Crippen molar-refractivity contribution in [2.75, 3.05) is 0 Å². The molecule has 0 saturated heterocycles. The number of halogens is 4. The van der Waals surface area contributed by atoms with Gasteiger partial charge >= 0.3 is 0 Å². The van der Waals surface area contributed by atoms with E-state index in [2.05, 4.69) is 21.4 Å². The second-order valence-electron chi connectivity index (χ2n) is 4.31. The van der Waals surface area contributed by atoms with Crippen LogP contribution in [-0.2, 0) is 6.42 Å². The molecule has 20 heavy (non-hydrogen) atoms. The smallest absolute Gasteiger partial charge is 0.142 e. The fraction of sp³-hybridized carbons (Fsp3) is 0.143. The summed E-state index contributed by atoms with van der Waals surface area (Å²) in [6.45, 7) is 0. The third-order valence-electron chi connectivity index (χ3n) is 2.98. The molecule has 1 unspecified atom stereocenters. The van der Waals surface area contributed by atoms with E-state index < -0.39 is 11.9 Å². The van der Waals surface area contributed by atoms with Gasteiger partial charge in [0.1, 0.15) is 11.6 Å². The van der Waals surface area contributed by atoms with Crippen molar-refractivity contribution in [3.05, 3.63) is 68.7 Å². The Morgan fingerprint density at radius 1 is 1.25 bits per heavy atom. The topological polar surface area (TPSA) is 38.0 Å². The fourth-order valence-electron chi connectivity index (χ4n) is 1.95. The molecule has 0 aliphatic carbocycles. The molecule has 0 heterocycles. The highest BCUT2D eigenvalue weighted by Gasteiger charge is 2.17. The normalized spacial score (nSPS) is 12.4. The maximum atomic E-state index is 14.0. The summed E-state index contributed by atoms with van der Waals surface area (Å²) in [5.74, 6) is 4.60. The molecular weight excluding hydrogens is 350 g/mol. The van der Waals surface area contributed by atoms with Crippen molar-refractivity contribution in [3.63, 3.8) is 0 Å². The van der Waals surface area contributed by atoms with Crippen molar-refractivity contribution in [1.29, 1.82) is 0 Å². The van der Waals surface area contributed by atoms with Crippen LogP contribution in [0.5, 0.6) is 0 Å². The highest BCUT2D eigenvalue weighted by molar-refractivity contribution is 9.10. The van der Waals surface area contributed by atoms with Gasteiger partial charge in [0, 0.05) is 5.56 Å². The van der Waals surface area contributed by atoms with E-state index >= 15 is 0 Å². The minimum atomic E-state index is -0.505. The molecule has 0 aliphatic heterocycles. The monoisotopic (exact) mass is 360 g/mol. The Labute approximate surface area is 129 Å². The molecule has 0 radical (unpaired) electrons. The average molecular weight is 362 g/mol. The minimum absolute atomic E-state index is 0.0552. The van der Waals surface area contributed by atoms with Crippen LogP contribution < -0.4 is 11.3 Å². The van der Waals surface area contributed by atoms with E-state index in [0.717, 1.165) is 0 Å². The lowest BCUT2D eigenvalue weighted by Gasteiger charge is -2.18. The van der Waals surface area contributed by atoms with Crippen LogP contribution in [0.25, 0.3) is 0 Å². The van der Waals surface area contributed by atoms with Gasteiger partial charge in [-0.2, -0.15) is 0 Å². The highest BCUT2D eigenvalue weighted by Crippen LogP contribution is 2.26. The van der Waals surface area contributed by atoms with Gasteiger partial charge in [0.25, 0.3) is 0 Å². The summed E-state index contributed by atoms with van der Waals surface area (Å²) in [6.07, 6.45) is 0.345. The zero-order valence-electron chi connectivity index (χ0n) is 10.3. The molecular formula is C14H12BrClF2N2. The molecule has 3 N–H and O–H groups in total. The fourth-order valence-corrected chi connectivity index (χ4v) is 2.45. The van der Waals surface area contributed by atoms with Gasteiger partial charge in [-0.1, -0.05) is 29.8 Å². The predicted octanol–water partition coefficient (Wildman–Crippen LogP) is 4.13. The average Bonchev–Trinajstić information content (AvgIpc) is 2.43. The molecule has 0 aromatic heterocycles. The van der Waals surface area contributed by atoms with Gasteiger partial charge in [-0.3, -0.25) is 11.3 Å². The van der Waals surface area contributed by atoms with Crippen molar-refractivity contribution in [2.45, 2.75) is 12.5 Å². The number of nitrogens with one attached hydrogen (secondary N) is 1. The number of nitrogens with two attached hydrogens (primary N) is 1. The highest BCUT2D eigenvalue weighted by atomic mass is 79.9. The van der Waals surface area contributed by atoms with Gasteiger partial charge in [-0.05, 0) is 46.1 Å². The standard InChI is InChI=1S/C14H12BrClF2N2/c15-10-3-1-2-9(14(10)18)13(20-19)7-8-4-5-11(16)12(17)6-8/h1-6,13,20H,7,19H2. The second-order valence-corrected chi connectivity index (χ2v) is 5.58. The van der Waals surface area contributed by atoms with Crippen LogP contribution in [0.1, 0.15) is 17.2 Å². The Morgan fingerprint density at radius 2 is 2.00 bits per heavy atom. The van der Waals surface area contributed by atoms with Crippen LogP contribution in [-0.4, -0.2) is 0 Å². The number of hydrogen-bond acceptors (Lipinski definition) is 2. The van der Waals surface area contributed by atoms with Crippen LogP contribution in [0.3, 0.4) is 0 Å². The Hall–Kier alpha value is -1.01. The van der Waals surface area contributed by atoms with Crippen LogP contribution in [0.15, 0.2) is 40.9 Å². The molecule has 6 heteroatoms. The lowest BCUT2D eigenvalue weighted by atomic mass is 9.99. The summed E-state index contributed by atoms with van der Waals surface area (Å²) in [6, 6.07) is 8.97. The molecule has 2 aromatic rings. The van der Waals surface area contributed by atoms with Crippen molar-refractivity contribution in [1.82, 2.24) is 5.43 Å². The zero-order chi connectivity index (χ0) is 14.7. The molecule has 2 nitrogen and oxygen atoms in total. The molecule has 0 aliphatic rings. The predicted molar refractivity (Wildman–Crippen MR) is 79.3 cm³/mol. The molecule has 0 fully saturated rings. The van der Waals surface area contributed by atoms with Crippen molar-refractivity contribution < 1.29 is 8.78 Å². The first-order chi connectivity index (χ1) is 9.52. The molecule has 0 amide bonds. The van der Waals surface area contributed by atoms with Crippen LogP contribution >= 0.6 is 27.5 Å². The third kappa shape index (κ3) is 3.35. The van der Waals surface area contributed by atoms with E-state index in [4.69, 9.17) is 17.4 Å². The van der Waals surface area contributed by atoms with Crippen molar-refractivity contribution >= 4 is 27.5 Å². The maximum Gasteiger partial charge on any atom is 0.142 e. The molecule has 2 aromatic carbocycles. The first-order valence-electron chi connectivity index (χ1n) is 5.87. The van der Waals surface area contributed by atoms with E-state index in [1.54, 1.807) is 24.3 Å². The number of rotatable bonds is 4. The SMILES string of the molecule is NNC(Cc1ccc(Cl)c(F)c1)c1cccc(Br)c1F. The van der Waals surface area contributed by atoms with Crippen molar-refractivity contribution in [3.8, 4) is 0 Å². The van der Waals surface area contributed by atoms with Gasteiger partial charge in [-0.25, -0.2) is 8.78 Å². The quantitative estimate of drug-likeness (QED) is 0.635. The molecule has 2 rings (SSSR count). The lowest BCUT2D eigenvalue weighted by Crippen LogP contribution is -2.30. The number of benzene rings is 2. The van der Waals surface area contributed by atoms with Crippen molar-refractivity contribution in [2.24, 2.45) is 5.84 Å². The summed E-state index contributed by atoms with van der Waals surface area (Å²) in [7, 11) is 0. The molecule has 1 atom stereocenters. The summed E-state index contributed by atoms with van der Waals surface area (Å²) in [4.78, 5) is 0. The Morgan fingerprint density at radius 3 is 2.65 bits per heavy atom. The number of hydrazine groups is 1. The lowest BCUT2D eigenvalue weighted by molar-refractivity contribution is 0.507. The zero-order valence-corrected chi connectivity index (χ0v) is 12.7. The summed E-state index contributed by atoms with van der Waals surface area (Å²) in [5.41, 5.74) is 3.64. The molecule has 106 valence electrons. The first kappa shape index (κ1) is 15.4. The summed E-state index contributed by atoms with van der Waals surface area (Å²) in [5, 5.41) is 0.0552.